The van der Waals surface area contributed by atoms with Gasteiger partial charge in [0, 0.05) is 6.61 Å². The van der Waals surface area contributed by atoms with Crippen molar-refractivity contribution >= 4 is 43.7 Å². The fourth-order valence-electron chi connectivity index (χ4n) is 3.93. The van der Waals surface area contributed by atoms with E-state index >= 15 is 0 Å². The standard InChI is InChI=1S/C23H23N3O5S/c1-2-29-15-9-10-17-20(12-15)32-22(24-17)26(13-16-6-5-11-30-16)21(27)14-25-18-7-3-4-8-19(18)31-23(25)28/h3-4,7-10,12,16H,2,5-6,11,13-14H2,1H3. The molecule has 166 valence electrons. The first-order chi connectivity index (χ1) is 15.6. The molecule has 1 atom stereocenters. The zero-order valence-electron chi connectivity index (χ0n) is 17.7. The van der Waals surface area contributed by atoms with Gasteiger partial charge in [-0.2, -0.15) is 0 Å². The first-order valence-electron chi connectivity index (χ1n) is 10.7. The van der Waals surface area contributed by atoms with E-state index in [1.54, 1.807) is 23.1 Å². The second-order valence-electron chi connectivity index (χ2n) is 7.62. The van der Waals surface area contributed by atoms with E-state index in [0.29, 0.717) is 36.0 Å². The van der Waals surface area contributed by atoms with Crippen LogP contribution in [0.25, 0.3) is 21.3 Å². The Kier molecular flexibility index (Phi) is 5.67. The Hall–Kier alpha value is -3.17. The van der Waals surface area contributed by atoms with Crippen LogP contribution in [-0.4, -0.2) is 41.3 Å². The van der Waals surface area contributed by atoms with E-state index in [2.05, 4.69) is 0 Å². The van der Waals surface area contributed by atoms with E-state index in [-0.39, 0.29) is 18.6 Å². The van der Waals surface area contributed by atoms with Crippen molar-refractivity contribution in [2.45, 2.75) is 32.4 Å². The van der Waals surface area contributed by atoms with Gasteiger partial charge in [-0.1, -0.05) is 23.5 Å². The summed E-state index contributed by atoms with van der Waals surface area (Å²) in [5.74, 6) is -0.0239. The molecule has 4 aromatic rings. The lowest BCUT2D eigenvalue weighted by Gasteiger charge is -2.23. The third-order valence-corrected chi connectivity index (χ3v) is 6.51. The Morgan fingerprint density at radius 1 is 1.31 bits per heavy atom. The minimum atomic E-state index is -0.553. The first-order valence-corrected chi connectivity index (χ1v) is 11.5. The van der Waals surface area contributed by atoms with Crippen molar-refractivity contribution in [2.75, 3.05) is 24.7 Å². The molecule has 1 fully saturated rings. The maximum atomic E-state index is 13.5. The number of fused-ring (bicyclic) bond motifs is 2. The number of carbonyl (C=O) groups excluding carboxylic acids is 1. The van der Waals surface area contributed by atoms with Crippen LogP contribution in [0.4, 0.5) is 5.13 Å². The number of para-hydroxylation sites is 2. The lowest BCUT2D eigenvalue weighted by Crippen LogP contribution is -2.40. The van der Waals surface area contributed by atoms with Crippen molar-refractivity contribution in [1.82, 2.24) is 9.55 Å². The highest BCUT2D eigenvalue weighted by Gasteiger charge is 2.27. The van der Waals surface area contributed by atoms with Gasteiger partial charge < -0.3 is 13.9 Å². The van der Waals surface area contributed by atoms with Crippen molar-refractivity contribution in [1.29, 1.82) is 0 Å². The van der Waals surface area contributed by atoms with E-state index in [0.717, 1.165) is 28.8 Å². The number of nitrogens with zero attached hydrogens (tertiary/aromatic N) is 3. The Morgan fingerprint density at radius 3 is 3.00 bits per heavy atom. The molecule has 0 aliphatic carbocycles. The summed E-state index contributed by atoms with van der Waals surface area (Å²) in [5.41, 5.74) is 1.84. The molecule has 1 aliphatic rings. The Labute approximate surface area is 188 Å². The zero-order chi connectivity index (χ0) is 22.1. The largest absolute Gasteiger partial charge is 0.494 e. The van der Waals surface area contributed by atoms with Crippen molar-refractivity contribution in [3.63, 3.8) is 0 Å². The normalized spacial score (nSPS) is 16.1. The molecule has 1 aliphatic heterocycles. The Balaban J connectivity index is 1.48. The van der Waals surface area contributed by atoms with Gasteiger partial charge in [0.25, 0.3) is 0 Å². The smallest absolute Gasteiger partial charge is 0.420 e. The third-order valence-electron chi connectivity index (χ3n) is 5.47. The van der Waals surface area contributed by atoms with Crippen LogP contribution in [0.2, 0.25) is 0 Å². The fraction of sp³-hybridized carbons (Fsp3) is 0.348. The number of anilines is 1. The lowest BCUT2D eigenvalue weighted by molar-refractivity contribution is -0.119. The summed E-state index contributed by atoms with van der Waals surface area (Å²) >= 11 is 1.43. The monoisotopic (exact) mass is 453 g/mol. The summed E-state index contributed by atoms with van der Waals surface area (Å²) in [5, 5.41) is 0.579. The van der Waals surface area contributed by atoms with Crippen LogP contribution in [0.5, 0.6) is 5.75 Å². The van der Waals surface area contributed by atoms with Crippen molar-refractivity contribution in [3.8, 4) is 5.75 Å². The highest BCUT2D eigenvalue weighted by molar-refractivity contribution is 7.22. The highest BCUT2D eigenvalue weighted by Crippen LogP contribution is 2.32. The molecule has 0 spiro atoms. The average Bonchev–Trinajstić information content (AvgIpc) is 3.51. The summed E-state index contributed by atoms with van der Waals surface area (Å²) < 4.78 is 19.0. The molecule has 0 saturated carbocycles. The molecule has 1 saturated heterocycles. The lowest BCUT2D eigenvalue weighted by atomic mass is 10.2. The van der Waals surface area contributed by atoms with Crippen molar-refractivity contribution in [3.05, 3.63) is 53.0 Å². The number of benzene rings is 2. The SMILES string of the molecule is CCOc1ccc2nc(N(CC3CCCO3)C(=O)Cn3c(=O)oc4ccccc43)sc2c1. The van der Waals surface area contributed by atoms with Gasteiger partial charge in [0.05, 0.1) is 35.0 Å². The van der Waals surface area contributed by atoms with Crippen LogP contribution in [0.15, 0.2) is 51.7 Å². The maximum Gasteiger partial charge on any atom is 0.420 e. The number of thiazole rings is 1. The van der Waals surface area contributed by atoms with E-state index in [9.17, 15) is 9.59 Å². The molecule has 0 N–H and O–H groups in total. The van der Waals surface area contributed by atoms with E-state index in [1.807, 2.05) is 31.2 Å². The molecule has 2 aromatic heterocycles. The number of oxazole rings is 1. The number of hydrogen-bond acceptors (Lipinski definition) is 7. The van der Waals surface area contributed by atoms with Gasteiger partial charge in [-0.3, -0.25) is 14.3 Å². The van der Waals surface area contributed by atoms with Gasteiger partial charge in [-0.25, -0.2) is 9.78 Å². The molecule has 5 rings (SSSR count). The summed E-state index contributed by atoms with van der Waals surface area (Å²) in [6.45, 7) is 3.46. The number of ether oxygens (including phenoxy) is 2. The van der Waals surface area contributed by atoms with Crippen LogP contribution in [0.3, 0.4) is 0 Å². The van der Waals surface area contributed by atoms with Gasteiger partial charge in [0.15, 0.2) is 10.7 Å². The topological polar surface area (TPSA) is 86.8 Å². The van der Waals surface area contributed by atoms with Gasteiger partial charge in [-0.05, 0) is 50.1 Å². The summed E-state index contributed by atoms with van der Waals surface area (Å²) in [6, 6.07) is 12.8. The third kappa shape index (κ3) is 4.01. The van der Waals surface area contributed by atoms with E-state index in [1.165, 1.54) is 15.9 Å². The molecule has 0 bridgehead atoms. The molecular formula is C23H23N3O5S. The van der Waals surface area contributed by atoms with E-state index < -0.39 is 5.76 Å². The molecular weight excluding hydrogens is 430 g/mol. The minimum absolute atomic E-state index is 0.0530. The first kappa shape index (κ1) is 20.7. The van der Waals surface area contributed by atoms with Crippen LogP contribution >= 0.6 is 11.3 Å². The molecule has 2 aromatic carbocycles. The van der Waals surface area contributed by atoms with Gasteiger partial charge in [0.1, 0.15) is 12.3 Å². The van der Waals surface area contributed by atoms with Gasteiger partial charge in [-0.15, -0.1) is 0 Å². The summed E-state index contributed by atoms with van der Waals surface area (Å²) in [6.07, 6.45) is 1.80. The fourth-order valence-corrected chi connectivity index (χ4v) is 4.95. The van der Waals surface area contributed by atoms with Gasteiger partial charge >= 0.3 is 5.76 Å². The average molecular weight is 454 g/mol. The molecule has 9 heteroatoms. The van der Waals surface area contributed by atoms with Crippen LogP contribution in [-0.2, 0) is 16.1 Å². The second kappa shape index (κ2) is 8.76. The number of rotatable bonds is 7. The Bertz CT molecular complexity index is 1320. The molecule has 8 nitrogen and oxygen atoms in total. The number of amides is 1. The minimum Gasteiger partial charge on any atom is -0.494 e. The van der Waals surface area contributed by atoms with Crippen LogP contribution in [0, 0.1) is 0 Å². The van der Waals surface area contributed by atoms with E-state index in [4.69, 9.17) is 18.9 Å². The molecule has 3 heterocycles. The molecule has 32 heavy (non-hydrogen) atoms. The highest BCUT2D eigenvalue weighted by atomic mass is 32.1. The maximum absolute atomic E-state index is 13.5. The summed E-state index contributed by atoms with van der Waals surface area (Å²) in [4.78, 5) is 32.2. The number of hydrogen-bond donors (Lipinski definition) is 0. The number of aromatic nitrogens is 2. The predicted octanol–water partition coefficient (Wildman–Crippen LogP) is 3.82. The molecule has 1 unspecified atom stereocenters. The Morgan fingerprint density at radius 2 is 2.19 bits per heavy atom. The molecule has 0 radical (unpaired) electrons. The molecule has 1 amide bonds. The van der Waals surface area contributed by atoms with Crippen LogP contribution < -0.4 is 15.4 Å². The quantitative estimate of drug-likeness (QED) is 0.423. The summed E-state index contributed by atoms with van der Waals surface area (Å²) in [7, 11) is 0. The predicted molar refractivity (Wildman–Crippen MR) is 123 cm³/mol. The van der Waals surface area contributed by atoms with Crippen molar-refractivity contribution < 1.29 is 18.7 Å². The number of carbonyl (C=O) groups is 1. The van der Waals surface area contributed by atoms with Gasteiger partial charge in [0.2, 0.25) is 5.91 Å². The van der Waals surface area contributed by atoms with Crippen LogP contribution in [0.1, 0.15) is 19.8 Å². The van der Waals surface area contributed by atoms with Crippen molar-refractivity contribution in [2.24, 2.45) is 0 Å². The zero-order valence-corrected chi connectivity index (χ0v) is 18.5. The second-order valence-corrected chi connectivity index (χ2v) is 8.63.